The van der Waals surface area contributed by atoms with Crippen LogP contribution in [-0.4, -0.2) is 27.7 Å². The summed E-state index contributed by atoms with van der Waals surface area (Å²) >= 11 is 9.05. The molecule has 25 heavy (non-hydrogen) atoms. The summed E-state index contributed by atoms with van der Waals surface area (Å²) in [5.41, 5.74) is 1.62. The highest BCUT2D eigenvalue weighted by molar-refractivity contribution is 9.10. The van der Waals surface area contributed by atoms with Crippen molar-refractivity contribution in [3.8, 4) is 0 Å². The number of benzene rings is 1. The van der Waals surface area contributed by atoms with E-state index < -0.39 is 12.2 Å². The van der Waals surface area contributed by atoms with E-state index in [1.165, 1.54) is 18.2 Å². The van der Waals surface area contributed by atoms with E-state index in [1.807, 2.05) is 0 Å². The van der Waals surface area contributed by atoms with Crippen LogP contribution in [0.1, 0.15) is 24.1 Å². The molecule has 0 bridgehead atoms. The standard InChI is InChI=1S/C16H17BrClFN4O2/c17-10-6-14(12(19)7-11(10)18)21-16(25)20-9-2-1-3-13-8(4-9)5-15(24)23-22-13/h5-7,9,16,20-21,25H,1-4H2,(H,23,24)/t9-,16?/m1/s1. The van der Waals surface area contributed by atoms with Crippen LogP contribution in [0.25, 0.3) is 0 Å². The number of hydrogen-bond donors (Lipinski definition) is 4. The van der Waals surface area contributed by atoms with Crippen LogP contribution < -0.4 is 16.2 Å². The van der Waals surface area contributed by atoms with Crippen molar-refractivity contribution in [3.63, 3.8) is 0 Å². The van der Waals surface area contributed by atoms with Gasteiger partial charge in [0.2, 0.25) is 0 Å². The first-order chi connectivity index (χ1) is 11.9. The Labute approximate surface area is 156 Å². The van der Waals surface area contributed by atoms with Crippen molar-refractivity contribution in [3.05, 3.63) is 55.1 Å². The van der Waals surface area contributed by atoms with E-state index in [0.29, 0.717) is 10.9 Å². The third kappa shape index (κ3) is 4.58. The van der Waals surface area contributed by atoms with Crippen LogP contribution in [0.15, 0.2) is 27.5 Å². The Morgan fingerprint density at radius 3 is 3.04 bits per heavy atom. The second kappa shape index (κ2) is 7.82. The number of aryl methyl sites for hydroxylation is 1. The van der Waals surface area contributed by atoms with Gasteiger partial charge >= 0.3 is 0 Å². The first kappa shape index (κ1) is 18.3. The van der Waals surface area contributed by atoms with Gasteiger partial charge in [0.25, 0.3) is 5.56 Å². The molecule has 0 saturated heterocycles. The molecule has 0 amide bonds. The molecule has 9 heteroatoms. The highest BCUT2D eigenvalue weighted by Gasteiger charge is 2.21. The fourth-order valence-electron chi connectivity index (χ4n) is 2.93. The third-order valence-corrected chi connectivity index (χ3v) is 5.30. The molecular formula is C16H17BrClFN4O2. The van der Waals surface area contributed by atoms with Gasteiger partial charge in [0.15, 0.2) is 6.35 Å². The van der Waals surface area contributed by atoms with Crippen LogP contribution in [0.4, 0.5) is 10.1 Å². The topological polar surface area (TPSA) is 90.0 Å². The lowest BCUT2D eigenvalue weighted by Crippen LogP contribution is -2.44. The summed E-state index contributed by atoms with van der Waals surface area (Å²) in [5.74, 6) is -0.559. The smallest absolute Gasteiger partial charge is 0.264 e. The predicted molar refractivity (Wildman–Crippen MR) is 97.2 cm³/mol. The molecule has 0 radical (unpaired) electrons. The summed E-state index contributed by atoms with van der Waals surface area (Å²) in [6, 6.07) is 4.11. The third-order valence-electron chi connectivity index (χ3n) is 4.11. The van der Waals surface area contributed by atoms with E-state index in [9.17, 15) is 14.3 Å². The zero-order valence-corrected chi connectivity index (χ0v) is 15.5. The Morgan fingerprint density at radius 1 is 1.44 bits per heavy atom. The molecule has 1 unspecified atom stereocenters. The summed E-state index contributed by atoms with van der Waals surface area (Å²) in [6.45, 7) is 0. The fourth-order valence-corrected chi connectivity index (χ4v) is 3.43. The van der Waals surface area contributed by atoms with Crippen LogP contribution >= 0.6 is 27.5 Å². The number of nitrogens with one attached hydrogen (secondary N) is 3. The average Bonchev–Trinajstić information content (AvgIpc) is 2.73. The molecule has 6 nitrogen and oxygen atoms in total. The molecule has 0 saturated carbocycles. The molecule has 2 atom stereocenters. The van der Waals surface area contributed by atoms with Gasteiger partial charge < -0.3 is 10.4 Å². The maximum Gasteiger partial charge on any atom is 0.264 e. The number of aliphatic hydroxyl groups excluding tert-OH is 1. The normalized spacial score (nSPS) is 18.3. The van der Waals surface area contributed by atoms with Gasteiger partial charge in [-0.15, -0.1) is 0 Å². The van der Waals surface area contributed by atoms with Crippen molar-refractivity contribution in [1.82, 2.24) is 15.5 Å². The minimum absolute atomic E-state index is 0.0637. The molecule has 2 aromatic rings. The molecule has 0 fully saturated rings. The molecule has 0 aliphatic heterocycles. The summed E-state index contributed by atoms with van der Waals surface area (Å²) < 4.78 is 14.4. The number of H-pyrrole nitrogens is 1. The van der Waals surface area contributed by atoms with Crippen molar-refractivity contribution >= 4 is 33.2 Å². The molecule has 1 aromatic heterocycles. The van der Waals surface area contributed by atoms with E-state index in [0.717, 1.165) is 30.5 Å². The quantitative estimate of drug-likeness (QED) is 0.339. The van der Waals surface area contributed by atoms with Gasteiger partial charge in [0, 0.05) is 16.6 Å². The van der Waals surface area contributed by atoms with Crippen molar-refractivity contribution in [2.75, 3.05) is 5.32 Å². The van der Waals surface area contributed by atoms with Crippen LogP contribution in [0, 0.1) is 5.82 Å². The number of nitrogens with zero attached hydrogens (tertiary/aromatic N) is 1. The van der Waals surface area contributed by atoms with Gasteiger partial charge in [0.05, 0.1) is 16.4 Å². The highest BCUT2D eigenvalue weighted by atomic mass is 79.9. The lowest BCUT2D eigenvalue weighted by molar-refractivity contribution is 0.145. The van der Waals surface area contributed by atoms with Crippen molar-refractivity contribution in [2.24, 2.45) is 0 Å². The average molecular weight is 432 g/mol. The first-order valence-electron chi connectivity index (χ1n) is 7.85. The maximum atomic E-state index is 13.9. The lowest BCUT2D eigenvalue weighted by atomic mass is 10.1. The molecule has 1 aliphatic rings. The van der Waals surface area contributed by atoms with Gasteiger partial charge in [-0.25, -0.2) is 9.49 Å². The van der Waals surface area contributed by atoms with Crippen molar-refractivity contribution in [2.45, 2.75) is 38.1 Å². The number of aromatic nitrogens is 2. The van der Waals surface area contributed by atoms with E-state index in [1.54, 1.807) is 0 Å². The number of anilines is 1. The zero-order chi connectivity index (χ0) is 18.0. The van der Waals surface area contributed by atoms with E-state index in [-0.39, 0.29) is 22.3 Å². The van der Waals surface area contributed by atoms with E-state index in [2.05, 4.69) is 36.8 Å². The minimum Gasteiger partial charge on any atom is -0.361 e. The Morgan fingerprint density at radius 2 is 2.24 bits per heavy atom. The molecular weight excluding hydrogens is 415 g/mol. The number of aromatic amines is 1. The van der Waals surface area contributed by atoms with Gasteiger partial charge in [0.1, 0.15) is 5.82 Å². The summed E-state index contributed by atoms with van der Waals surface area (Å²) in [4.78, 5) is 11.5. The largest absolute Gasteiger partial charge is 0.361 e. The molecule has 0 spiro atoms. The first-order valence-corrected chi connectivity index (χ1v) is 9.02. The predicted octanol–water partition coefficient (Wildman–Crippen LogP) is 2.55. The molecule has 4 N–H and O–H groups in total. The SMILES string of the molecule is O=c1cc2c(n[nH]1)CCC[C@@H](NC(O)Nc1cc(Br)c(Cl)cc1F)C2. The molecule has 1 aliphatic carbocycles. The fraction of sp³-hybridized carbons (Fsp3) is 0.375. The van der Waals surface area contributed by atoms with Crippen LogP contribution in [0.2, 0.25) is 5.02 Å². The second-order valence-corrected chi connectivity index (χ2v) is 7.22. The van der Waals surface area contributed by atoms with E-state index >= 15 is 0 Å². The Kier molecular flexibility index (Phi) is 5.73. The summed E-state index contributed by atoms with van der Waals surface area (Å²) in [7, 11) is 0. The van der Waals surface area contributed by atoms with E-state index in [4.69, 9.17) is 11.6 Å². The number of rotatable bonds is 4. The van der Waals surface area contributed by atoms with Gasteiger partial charge in [-0.2, -0.15) is 5.10 Å². The van der Waals surface area contributed by atoms with Crippen LogP contribution in [-0.2, 0) is 12.8 Å². The monoisotopic (exact) mass is 430 g/mol. The number of aliphatic hydroxyl groups is 1. The van der Waals surface area contributed by atoms with Crippen LogP contribution in [0.3, 0.4) is 0 Å². The van der Waals surface area contributed by atoms with Crippen molar-refractivity contribution < 1.29 is 9.50 Å². The molecule has 134 valence electrons. The number of hydrogen-bond acceptors (Lipinski definition) is 5. The highest BCUT2D eigenvalue weighted by Crippen LogP contribution is 2.28. The maximum absolute atomic E-state index is 13.9. The van der Waals surface area contributed by atoms with Gasteiger partial charge in [-0.1, -0.05) is 11.6 Å². The number of fused-ring (bicyclic) bond motifs is 1. The number of halogens is 3. The zero-order valence-electron chi connectivity index (χ0n) is 13.2. The Hall–Kier alpha value is -1.48. The van der Waals surface area contributed by atoms with Gasteiger partial charge in [-0.05, 0) is 59.3 Å². The minimum atomic E-state index is -1.15. The van der Waals surface area contributed by atoms with Crippen molar-refractivity contribution in [1.29, 1.82) is 0 Å². The summed E-state index contributed by atoms with van der Waals surface area (Å²) in [6.07, 6.45) is 1.86. The molecule has 1 heterocycles. The molecule has 1 aromatic carbocycles. The second-order valence-electron chi connectivity index (χ2n) is 5.96. The Bertz CT molecular complexity index is 832. The molecule has 3 rings (SSSR count). The lowest BCUT2D eigenvalue weighted by Gasteiger charge is -2.23. The van der Waals surface area contributed by atoms with Crippen LogP contribution in [0.5, 0.6) is 0 Å². The van der Waals surface area contributed by atoms with Gasteiger partial charge in [-0.3, -0.25) is 10.1 Å². The Balaban J connectivity index is 1.68. The summed E-state index contributed by atoms with van der Waals surface area (Å²) in [5, 5.41) is 22.7.